The van der Waals surface area contributed by atoms with Crippen molar-refractivity contribution in [1.29, 1.82) is 0 Å². The number of pyridine rings is 1. The van der Waals surface area contributed by atoms with Crippen molar-refractivity contribution in [3.05, 3.63) is 57.9 Å². The summed E-state index contributed by atoms with van der Waals surface area (Å²) >= 11 is 1.30. The number of benzene rings is 1. The number of thioether (sulfide) groups is 1. The highest BCUT2D eigenvalue weighted by atomic mass is 32.2. The molecule has 0 bridgehead atoms. The Morgan fingerprint density at radius 3 is 2.52 bits per heavy atom. The largest absolute Gasteiger partial charge is 0.507 e. The van der Waals surface area contributed by atoms with Crippen molar-refractivity contribution in [1.82, 2.24) is 4.57 Å². The van der Waals surface area contributed by atoms with Gasteiger partial charge in [0, 0.05) is 18.2 Å². The van der Waals surface area contributed by atoms with Crippen LogP contribution in [0, 0.1) is 0 Å². The summed E-state index contributed by atoms with van der Waals surface area (Å²) in [5.41, 5.74) is 0.398. The summed E-state index contributed by atoms with van der Waals surface area (Å²) in [6, 6.07) is 9.87. The van der Waals surface area contributed by atoms with Gasteiger partial charge in [-0.25, -0.2) is 0 Å². The van der Waals surface area contributed by atoms with Crippen LogP contribution in [0.5, 0.6) is 5.75 Å². The maximum Gasteiger partial charge on any atom is 0.255 e. The molecule has 0 unspecified atom stereocenters. The normalized spacial score (nSPS) is 10.6. The van der Waals surface area contributed by atoms with Gasteiger partial charge in [0.2, 0.25) is 0 Å². The summed E-state index contributed by atoms with van der Waals surface area (Å²) in [5, 5.41) is 10.6. The predicted molar refractivity (Wildman–Crippen MR) is 84.3 cm³/mol. The molecular formula is C16H17NO3S. The number of hydrogen-bond donors (Lipinski definition) is 1. The van der Waals surface area contributed by atoms with Crippen molar-refractivity contribution in [2.45, 2.75) is 24.9 Å². The molecule has 2 aromatic rings. The van der Waals surface area contributed by atoms with E-state index in [2.05, 4.69) is 0 Å². The first-order valence-corrected chi connectivity index (χ1v) is 7.93. The Balaban J connectivity index is 2.65. The van der Waals surface area contributed by atoms with Crippen LogP contribution in [-0.2, 0) is 6.54 Å². The van der Waals surface area contributed by atoms with Crippen molar-refractivity contribution in [3.63, 3.8) is 0 Å². The second kappa shape index (κ2) is 6.63. The highest BCUT2D eigenvalue weighted by Gasteiger charge is 2.21. The smallest absolute Gasteiger partial charge is 0.255 e. The van der Waals surface area contributed by atoms with Crippen LogP contribution in [0.4, 0.5) is 0 Å². The van der Waals surface area contributed by atoms with Crippen LogP contribution in [0.2, 0.25) is 0 Å². The first-order valence-electron chi connectivity index (χ1n) is 6.70. The molecule has 0 aliphatic rings. The Hall–Kier alpha value is -2.01. The van der Waals surface area contributed by atoms with Gasteiger partial charge in [-0.3, -0.25) is 9.59 Å². The predicted octanol–water partition coefficient (Wildman–Crippen LogP) is 2.92. The summed E-state index contributed by atoms with van der Waals surface area (Å²) in [6.45, 7) is 2.48. The Morgan fingerprint density at radius 1 is 1.29 bits per heavy atom. The lowest BCUT2D eigenvalue weighted by atomic mass is 10.0. The van der Waals surface area contributed by atoms with Gasteiger partial charge in [-0.05, 0) is 12.7 Å². The average Bonchev–Trinajstić information content (AvgIpc) is 2.50. The molecular weight excluding hydrogens is 286 g/mol. The average molecular weight is 303 g/mol. The fourth-order valence-corrected chi connectivity index (χ4v) is 3.01. The lowest BCUT2D eigenvalue weighted by Crippen LogP contribution is -2.23. The highest BCUT2D eigenvalue weighted by Crippen LogP contribution is 2.29. The van der Waals surface area contributed by atoms with Gasteiger partial charge in [0.15, 0.2) is 5.78 Å². The summed E-state index contributed by atoms with van der Waals surface area (Å²) in [7, 11) is 0. The van der Waals surface area contributed by atoms with Gasteiger partial charge in [0.1, 0.15) is 5.75 Å². The molecule has 0 aliphatic carbocycles. The number of ketones is 1. The Morgan fingerprint density at radius 2 is 1.95 bits per heavy atom. The van der Waals surface area contributed by atoms with Gasteiger partial charge in [-0.1, -0.05) is 37.3 Å². The van der Waals surface area contributed by atoms with Gasteiger partial charge < -0.3 is 9.67 Å². The van der Waals surface area contributed by atoms with E-state index in [-0.39, 0.29) is 22.7 Å². The first kappa shape index (κ1) is 15.4. The molecule has 2 rings (SSSR count). The number of hydrogen-bond acceptors (Lipinski definition) is 4. The van der Waals surface area contributed by atoms with Crippen molar-refractivity contribution in [3.8, 4) is 5.75 Å². The second-order valence-electron chi connectivity index (χ2n) is 4.60. The van der Waals surface area contributed by atoms with E-state index in [1.54, 1.807) is 35.1 Å². The minimum atomic E-state index is -0.289. The van der Waals surface area contributed by atoms with Crippen LogP contribution in [0.15, 0.2) is 46.2 Å². The molecule has 1 aromatic carbocycles. The molecule has 0 atom stereocenters. The molecule has 1 N–H and O–H groups in total. The van der Waals surface area contributed by atoms with E-state index in [9.17, 15) is 14.7 Å². The molecule has 0 saturated carbocycles. The van der Waals surface area contributed by atoms with E-state index in [0.717, 1.165) is 12.5 Å². The minimum Gasteiger partial charge on any atom is -0.507 e. The van der Waals surface area contributed by atoms with E-state index < -0.39 is 0 Å². The third-order valence-corrected chi connectivity index (χ3v) is 3.96. The molecule has 1 aromatic heterocycles. The molecule has 110 valence electrons. The fraction of sp³-hybridized carbons (Fsp3) is 0.250. The van der Waals surface area contributed by atoms with Crippen molar-refractivity contribution in [2.75, 3.05) is 6.26 Å². The molecule has 0 aliphatic heterocycles. The summed E-state index contributed by atoms with van der Waals surface area (Å²) in [4.78, 5) is 24.6. The Bertz CT molecular complexity index is 707. The standard InChI is InChI=1S/C16H17NO3S/c1-3-9-17-13(19)10-12(18)14(16(17)21-2)15(20)11-7-5-4-6-8-11/h4-8,10,18H,3,9H2,1-2H3. The lowest BCUT2D eigenvalue weighted by molar-refractivity contribution is 0.103. The maximum atomic E-state index is 12.6. The third-order valence-electron chi connectivity index (χ3n) is 3.14. The van der Waals surface area contributed by atoms with Gasteiger partial charge in [-0.15, -0.1) is 11.8 Å². The van der Waals surface area contributed by atoms with Crippen LogP contribution in [0.3, 0.4) is 0 Å². The van der Waals surface area contributed by atoms with Gasteiger partial charge in [-0.2, -0.15) is 0 Å². The SMILES string of the molecule is CCCn1c(SC)c(C(=O)c2ccccc2)c(O)cc1=O. The monoisotopic (exact) mass is 303 g/mol. The molecule has 4 nitrogen and oxygen atoms in total. The van der Waals surface area contributed by atoms with Crippen LogP contribution in [0.25, 0.3) is 0 Å². The third kappa shape index (κ3) is 3.03. The van der Waals surface area contributed by atoms with E-state index in [0.29, 0.717) is 17.1 Å². The topological polar surface area (TPSA) is 59.3 Å². The summed E-state index contributed by atoms with van der Waals surface area (Å²) in [6.07, 6.45) is 2.57. The minimum absolute atomic E-state index is 0.196. The lowest BCUT2D eigenvalue weighted by Gasteiger charge is -2.15. The van der Waals surface area contributed by atoms with Crippen LogP contribution < -0.4 is 5.56 Å². The quantitative estimate of drug-likeness (QED) is 0.681. The van der Waals surface area contributed by atoms with Crippen molar-refractivity contribution >= 4 is 17.5 Å². The zero-order valence-electron chi connectivity index (χ0n) is 12.0. The van der Waals surface area contributed by atoms with E-state index in [4.69, 9.17) is 0 Å². The fourth-order valence-electron chi connectivity index (χ4n) is 2.21. The van der Waals surface area contributed by atoms with Crippen molar-refractivity contribution < 1.29 is 9.90 Å². The number of carbonyl (C=O) groups is 1. The summed E-state index contributed by atoms with van der Waals surface area (Å²) in [5.74, 6) is -0.534. The van der Waals surface area contributed by atoms with Crippen LogP contribution in [0.1, 0.15) is 29.3 Å². The van der Waals surface area contributed by atoms with E-state index in [1.165, 1.54) is 11.8 Å². The van der Waals surface area contributed by atoms with Crippen LogP contribution >= 0.6 is 11.8 Å². The van der Waals surface area contributed by atoms with Crippen LogP contribution in [-0.4, -0.2) is 21.7 Å². The Labute approximate surface area is 127 Å². The number of carbonyl (C=O) groups excluding carboxylic acids is 1. The van der Waals surface area contributed by atoms with E-state index in [1.807, 2.05) is 13.0 Å². The number of rotatable bonds is 5. The zero-order chi connectivity index (χ0) is 15.4. The molecule has 0 spiro atoms. The van der Waals surface area contributed by atoms with Crippen molar-refractivity contribution in [2.24, 2.45) is 0 Å². The summed E-state index contributed by atoms with van der Waals surface area (Å²) < 4.78 is 1.54. The van der Waals surface area contributed by atoms with Gasteiger partial charge in [0.05, 0.1) is 10.6 Å². The molecule has 21 heavy (non-hydrogen) atoms. The maximum absolute atomic E-state index is 12.6. The first-order chi connectivity index (χ1) is 10.1. The Kier molecular flexibility index (Phi) is 4.85. The molecule has 0 saturated heterocycles. The molecule has 1 heterocycles. The van der Waals surface area contributed by atoms with Gasteiger partial charge in [0.25, 0.3) is 5.56 Å². The number of aromatic nitrogens is 1. The van der Waals surface area contributed by atoms with Gasteiger partial charge >= 0.3 is 0 Å². The number of aromatic hydroxyl groups is 1. The molecule has 0 amide bonds. The molecule has 5 heteroatoms. The van der Waals surface area contributed by atoms with E-state index >= 15 is 0 Å². The molecule has 0 fully saturated rings. The zero-order valence-corrected chi connectivity index (χ0v) is 12.8. The number of nitrogens with zero attached hydrogens (tertiary/aromatic N) is 1. The second-order valence-corrected chi connectivity index (χ2v) is 5.39. The molecule has 0 radical (unpaired) electrons. The highest BCUT2D eigenvalue weighted by molar-refractivity contribution is 7.98.